The number of halogens is 2. The summed E-state index contributed by atoms with van der Waals surface area (Å²) in [5, 5.41) is 13.1. The van der Waals surface area contributed by atoms with Crippen LogP contribution in [0.5, 0.6) is 5.75 Å². The van der Waals surface area contributed by atoms with Gasteiger partial charge in [0.05, 0.1) is 4.92 Å². The summed E-state index contributed by atoms with van der Waals surface area (Å²) < 4.78 is 22.5. The van der Waals surface area contributed by atoms with E-state index in [2.05, 4.69) is 5.32 Å². The fourth-order valence-corrected chi connectivity index (χ4v) is 1.97. The first-order valence-corrected chi connectivity index (χ1v) is 7.51. The summed E-state index contributed by atoms with van der Waals surface area (Å²) in [5.41, 5.74) is -0.237. The van der Waals surface area contributed by atoms with Crippen LogP contribution in [-0.4, -0.2) is 30.0 Å². The fraction of sp³-hybridized carbons (Fsp3) is 0.125. The number of benzene rings is 2. The third-order valence-corrected chi connectivity index (χ3v) is 3.28. The molecule has 26 heavy (non-hydrogen) atoms. The number of esters is 1. The van der Waals surface area contributed by atoms with Crippen LogP contribution in [0.15, 0.2) is 42.5 Å². The highest BCUT2D eigenvalue weighted by Crippen LogP contribution is 2.27. The van der Waals surface area contributed by atoms with Crippen molar-refractivity contribution in [2.45, 2.75) is 0 Å². The van der Waals surface area contributed by atoms with E-state index < -0.39 is 35.8 Å². The third kappa shape index (κ3) is 5.71. The minimum Gasteiger partial charge on any atom is -0.482 e. The van der Waals surface area contributed by atoms with Crippen molar-refractivity contribution in [2.24, 2.45) is 0 Å². The van der Waals surface area contributed by atoms with Gasteiger partial charge in [-0.1, -0.05) is 11.6 Å². The van der Waals surface area contributed by atoms with E-state index in [0.717, 1.165) is 6.07 Å². The van der Waals surface area contributed by atoms with Gasteiger partial charge in [0.1, 0.15) is 16.6 Å². The SMILES string of the molecule is O=C(COC(=O)COc1ccc(F)cc1)Nc1ccc(Cl)c([N+](=O)[O-])c1. The molecule has 0 aromatic heterocycles. The fourth-order valence-electron chi connectivity index (χ4n) is 1.79. The molecule has 2 rings (SSSR count). The number of nitrogens with one attached hydrogen (secondary N) is 1. The predicted molar refractivity (Wildman–Crippen MR) is 89.6 cm³/mol. The zero-order valence-electron chi connectivity index (χ0n) is 13.1. The number of nitro benzene ring substituents is 1. The molecule has 0 fully saturated rings. The normalized spacial score (nSPS) is 10.1. The van der Waals surface area contributed by atoms with Crippen LogP contribution in [0.2, 0.25) is 5.02 Å². The molecule has 8 nitrogen and oxygen atoms in total. The number of carbonyl (C=O) groups excluding carboxylic acids is 2. The van der Waals surface area contributed by atoms with Crippen molar-refractivity contribution >= 4 is 34.9 Å². The summed E-state index contributed by atoms with van der Waals surface area (Å²) in [6, 6.07) is 8.72. The average molecular weight is 383 g/mol. The van der Waals surface area contributed by atoms with Crippen molar-refractivity contribution in [1.82, 2.24) is 0 Å². The van der Waals surface area contributed by atoms with E-state index in [1.165, 1.54) is 36.4 Å². The van der Waals surface area contributed by atoms with Gasteiger partial charge in [-0.2, -0.15) is 0 Å². The second-order valence-electron chi connectivity index (χ2n) is 4.87. The third-order valence-electron chi connectivity index (χ3n) is 2.96. The van der Waals surface area contributed by atoms with Gasteiger partial charge < -0.3 is 14.8 Å². The van der Waals surface area contributed by atoms with E-state index in [4.69, 9.17) is 21.1 Å². The smallest absolute Gasteiger partial charge is 0.344 e. The molecule has 0 aliphatic rings. The molecule has 0 heterocycles. The maximum Gasteiger partial charge on any atom is 0.344 e. The molecule has 2 aromatic carbocycles. The number of hydrogen-bond donors (Lipinski definition) is 1. The van der Waals surface area contributed by atoms with Crippen LogP contribution in [0.4, 0.5) is 15.8 Å². The zero-order valence-corrected chi connectivity index (χ0v) is 13.9. The van der Waals surface area contributed by atoms with E-state index in [9.17, 15) is 24.1 Å². The monoisotopic (exact) mass is 382 g/mol. The Bertz CT molecular complexity index is 828. The molecule has 0 aliphatic heterocycles. The Hall–Kier alpha value is -3.20. The highest BCUT2D eigenvalue weighted by Gasteiger charge is 2.15. The molecule has 0 bridgehead atoms. The van der Waals surface area contributed by atoms with Gasteiger partial charge in [-0.05, 0) is 36.4 Å². The van der Waals surface area contributed by atoms with E-state index in [1.807, 2.05) is 0 Å². The number of anilines is 1. The summed E-state index contributed by atoms with van der Waals surface area (Å²) in [5.74, 6) is -1.69. The molecule has 10 heteroatoms. The van der Waals surface area contributed by atoms with Gasteiger partial charge in [0.15, 0.2) is 13.2 Å². The second-order valence-corrected chi connectivity index (χ2v) is 5.28. The molecule has 136 valence electrons. The summed E-state index contributed by atoms with van der Waals surface area (Å²) in [6.07, 6.45) is 0. The van der Waals surface area contributed by atoms with Crippen LogP contribution in [0, 0.1) is 15.9 Å². The summed E-state index contributed by atoms with van der Waals surface area (Å²) in [4.78, 5) is 33.3. The van der Waals surface area contributed by atoms with E-state index in [-0.39, 0.29) is 22.1 Å². The molecule has 1 N–H and O–H groups in total. The lowest BCUT2D eigenvalue weighted by Crippen LogP contribution is -2.23. The average Bonchev–Trinajstić information content (AvgIpc) is 2.61. The lowest BCUT2D eigenvalue weighted by atomic mass is 10.3. The summed E-state index contributed by atoms with van der Waals surface area (Å²) in [7, 11) is 0. The van der Waals surface area contributed by atoms with Crippen molar-refractivity contribution in [3.63, 3.8) is 0 Å². The van der Waals surface area contributed by atoms with Crippen LogP contribution in [-0.2, 0) is 14.3 Å². The van der Waals surface area contributed by atoms with Gasteiger partial charge in [0.2, 0.25) is 0 Å². The number of ether oxygens (including phenoxy) is 2. The maximum absolute atomic E-state index is 12.7. The summed E-state index contributed by atoms with van der Waals surface area (Å²) in [6.45, 7) is -1.08. The topological polar surface area (TPSA) is 108 Å². The molecular weight excluding hydrogens is 371 g/mol. The van der Waals surface area contributed by atoms with Gasteiger partial charge in [-0.25, -0.2) is 9.18 Å². The van der Waals surface area contributed by atoms with Gasteiger partial charge in [0.25, 0.3) is 11.6 Å². The molecule has 0 radical (unpaired) electrons. The first-order valence-electron chi connectivity index (χ1n) is 7.13. The zero-order chi connectivity index (χ0) is 19.1. The Labute approximate surface area is 151 Å². The minimum absolute atomic E-state index is 0.0719. The molecule has 0 aliphatic carbocycles. The minimum atomic E-state index is -0.813. The Morgan fingerprint density at radius 1 is 1.15 bits per heavy atom. The standard InChI is InChI=1S/C16H12ClFN2O6/c17-13-6-3-11(7-14(13)20(23)24)19-15(21)8-26-16(22)9-25-12-4-1-10(18)2-5-12/h1-7H,8-9H2,(H,19,21). The van der Waals surface area contributed by atoms with Crippen molar-refractivity contribution in [1.29, 1.82) is 0 Å². The summed E-state index contributed by atoms with van der Waals surface area (Å²) >= 11 is 5.67. The first kappa shape index (κ1) is 19.1. The first-order chi connectivity index (χ1) is 12.3. The van der Waals surface area contributed by atoms with Crippen molar-refractivity contribution in [3.8, 4) is 5.75 Å². The van der Waals surface area contributed by atoms with Crippen LogP contribution in [0.3, 0.4) is 0 Å². The molecular formula is C16H12ClFN2O6. The second kappa shape index (κ2) is 8.77. The Morgan fingerprint density at radius 3 is 2.50 bits per heavy atom. The van der Waals surface area contributed by atoms with E-state index >= 15 is 0 Å². The lowest BCUT2D eigenvalue weighted by Gasteiger charge is -2.08. The number of amides is 1. The Balaban J connectivity index is 1.79. The molecule has 0 spiro atoms. The van der Waals surface area contributed by atoms with Crippen molar-refractivity contribution in [3.05, 3.63) is 63.4 Å². The number of carbonyl (C=O) groups is 2. The largest absolute Gasteiger partial charge is 0.482 e. The van der Waals surface area contributed by atoms with Crippen molar-refractivity contribution in [2.75, 3.05) is 18.5 Å². The van der Waals surface area contributed by atoms with Crippen LogP contribution < -0.4 is 10.1 Å². The highest BCUT2D eigenvalue weighted by atomic mass is 35.5. The van der Waals surface area contributed by atoms with Gasteiger partial charge in [-0.15, -0.1) is 0 Å². The van der Waals surface area contributed by atoms with E-state index in [1.54, 1.807) is 0 Å². The van der Waals surface area contributed by atoms with Gasteiger partial charge in [-0.3, -0.25) is 14.9 Å². The maximum atomic E-state index is 12.7. The van der Waals surface area contributed by atoms with Crippen LogP contribution in [0.1, 0.15) is 0 Å². The quantitative estimate of drug-likeness (QED) is 0.448. The van der Waals surface area contributed by atoms with E-state index in [0.29, 0.717) is 0 Å². The number of nitrogens with zero attached hydrogens (tertiary/aromatic N) is 1. The Morgan fingerprint density at radius 2 is 1.85 bits per heavy atom. The highest BCUT2D eigenvalue weighted by molar-refractivity contribution is 6.32. The van der Waals surface area contributed by atoms with Crippen LogP contribution >= 0.6 is 11.6 Å². The number of nitro groups is 1. The number of hydrogen-bond acceptors (Lipinski definition) is 6. The molecule has 0 saturated carbocycles. The lowest BCUT2D eigenvalue weighted by molar-refractivity contribution is -0.384. The molecule has 2 aromatic rings. The van der Waals surface area contributed by atoms with Crippen LogP contribution in [0.25, 0.3) is 0 Å². The molecule has 0 unspecified atom stereocenters. The predicted octanol–water partition coefficient (Wildman–Crippen LogP) is 2.95. The molecule has 1 amide bonds. The van der Waals surface area contributed by atoms with Gasteiger partial charge >= 0.3 is 5.97 Å². The van der Waals surface area contributed by atoms with Crippen molar-refractivity contribution < 1.29 is 28.4 Å². The number of rotatable bonds is 7. The molecule has 0 saturated heterocycles. The Kier molecular flexibility index (Phi) is 6.45. The molecule has 0 atom stereocenters. The van der Waals surface area contributed by atoms with Gasteiger partial charge in [0, 0.05) is 11.8 Å².